The van der Waals surface area contributed by atoms with Crippen molar-refractivity contribution in [2.75, 3.05) is 5.32 Å². The minimum Gasteiger partial charge on any atom is -0.381 e. The minimum absolute atomic E-state index is 0.114. The average molecular weight is 380 g/mol. The summed E-state index contributed by atoms with van der Waals surface area (Å²) in [5.41, 5.74) is -3.19. The van der Waals surface area contributed by atoms with Crippen LogP contribution < -0.4 is 5.32 Å². The van der Waals surface area contributed by atoms with Crippen molar-refractivity contribution in [2.45, 2.75) is 16.9 Å². The predicted octanol–water partition coefficient (Wildman–Crippen LogP) is 5.81. The van der Waals surface area contributed by atoms with Crippen molar-refractivity contribution in [3.63, 3.8) is 0 Å². The van der Waals surface area contributed by atoms with Crippen LogP contribution in [0, 0.1) is 5.82 Å². The molecule has 0 spiro atoms. The first-order valence-electron chi connectivity index (χ1n) is 5.87. The van der Waals surface area contributed by atoms with Gasteiger partial charge in [0.25, 0.3) is 0 Å². The van der Waals surface area contributed by atoms with E-state index in [-0.39, 0.29) is 29.0 Å². The summed E-state index contributed by atoms with van der Waals surface area (Å²) >= 11 is 3.00. The lowest BCUT2D eigenvalue weighted by molar-refractivity contribution is -0.0328. The molecule has 1 nitrogen and oxygen atoms in total. The third-order valence-corrected chi connectivity index (χ3v) is 3.82. The number of hydrogen-bond donors (Lipinski definition) is 1. The second-order valence-corrected chi connectivity index (χ2v) is 6.22. The minimum atomic E-state index is -4.30. The number of alkyl halides is 3. The van der Waals surface area contributed by atoms with Crippen LogP contribution in [0.2, 0.25) is 0 Å². The van der Waals surface area contributed by atoms with Crippen molar-refractivity contribution in [1.82, 2.24) is 0 Å². The monoisotopic (exact) mass is 379 g/mol. The molecule has 0 bridgehead atoms. The van der Waals surface area contributed by atoms with Gasteiger partial charge in [-0.2, -0.15) is 13.2 Å². The highest BCUT2D eigenvalue weighted by atomic mass is 79.9. The molecule has 1 N–H and O–H groups in total. The summed E-state index contributed by atoms with van der Waals surface area (Å²) in [6.45, 7) is 0.255. The maximum Gasteiger partial charge on any atom is 0.446 e. The summed E-state index contributed by atoms with van der Waals surface area (Å²) in [4.78, 5) is 0.114. The van der Waals surface area contributed by atoms with Crippen molar-refractivity contribution < 1.29 is 17.6 Å². The molecule has 0 aliphatic carbocycles. The lowest BCUT2D eigenvalue weighted by Gasteiger charge is -2.09. The molecule has 0 unspecified atom stereocenters. The maximum absolute atomic E-state index is 13.6. The highest BCUT2D eigenvalue weighted by Gasteiger charge is 2.28. The molecule has 2 rings (SSSR count). The number of benzene rings is 2. The zero-order chi connectivity index (χ0) is 15.5. The number of hydrogen-bond acceptors (Lipinski definition) is 2. The lowest BCUT2D eigenvalue weighted by atomic mass is 10.2. The molecule has 2 aromatic carbocycles. The Morgan fingerprint density at radius 2 is 1.71 bits per heavy atom. The van der Waals surface area contributed by atoms with Crippen molar-refractivity contribution in [3.05, 3.63) is 58.3 Å². The van der Waals surface area contributed by atoms with E-state index in [0.717, 1.165) is 0 Å². The topological polar surface area (TPSA) is 12.0 Å². The summed E-state index contributed by atoms with van der Waals surface area (Å²) in [6.07, 6.45) is 0. The van der Waals surface area contributed by atoms with E-state index in [1.165, 1.54) is 30.3 Å². The molecular weight excluding hydrogens is 370 g/mol. The molecule has 0 radical (unpaired) electrons. The fourth-order valence-electron chi connectivity index (χ4n) is 1.64. The molecule has 0 fully saturated rings. The first-order valence-corrected chi connectivity index (χ1v) is 7.48. The van der Waals surface area contributed by atoms with Crippen LogP contribution in [0.5, 0.6) is 0 Å². The average Bonchev–Trinajstić information content (AvgIpc) is 2.38. The van der Waals surface area contributed by atoms with Gasteiger partial charge in [0.2, 0.25) is 0 Å². The third-order valence-electron chi connectivity index (χ3n) is 2.59. The highest BCUT2D eigenvalue weighted by Crippen LogP contribution is 2.37. The molecule has 0 amide bonds. The Hall–Kier alpha value is -1.21. The second-order valence-electron chi connectivity index (χ2n) is 4.16. The zero-order valence-electron chi connectivity index (χ0n) is 10.5. The number of anilines is 1. The molecule has 0 aliphatic heterocycles. The molecule has 7 heteroatoms. The molecule has 0 aliphatic rings. The molecule has 112 valence electrons. The molecule has 0 heterocycles. The van der Waals surface area contributed by atoms with Gasteiger partial charge in [-0.25, -0.2) is 4.39 Å². The van der Waals surface area contributed by atoms with Gasteiger partial charge >= 0.3 is 5.51 Å². The van der Waals surface area contributed by atoms with Crippen LogP contribution in [0.4, 0.5) is 23.2 Å². The van der Waals surface area contributed by atoms with Crippen LogP contribution in [-0.2, 0) is 6.54 Å². The van der Waals surface area contributed by atoms with E-state index in [9.17, 15) is 17.6 Å². The fraction of sp³-hybridized carbons (Fsp3) is 0.143. The summed E-state index contributed by atoms with van der Waals surface area (Å²) in [5.74, 6) is -0.346. The normalized spacial score (nSPS) is 11.5. The largest absolute Gasteiger partial charge is 0.446 e. The van der Waals surface area contributed by atoms with E-state index < -0.39 is 5.51 Å². The van der Waals surface area contributed by atoms with Crippen molar-refractivity contribution in [3.8, 4) is 0 Å². The van der Waals surface area contributed by atoms with Gasteiger partial charge in [-0.3, -0.25) is 0 Å². The van der Waals surface area contributed by atoms with Crippen molar-refractivity contribution in [1.29, 1.82) is 0 Å². The van der Waals surface area contributed by atoms with Gasteiger partial charge in [0.15, 0.2) is 0 Å². The predicted molar refractivity (Wildman–Crippen MR) is 79.8 cm³/mol. The van der Waals surface area contributed by atoms with E-state index in [1.807, 2.05) is 0 Å². The standard InChI is InChI=1S/C14H10BrF4NS/c15-10-2-1-9(13(16)7-10)8-20-11-3-5-12(6-4-11)21-14(17,18)19/h1-7,20H,8H2. The summed E-state index contributed by atoms with van der Waals surface area (Å²) in [7, 11) is 0. The maximum atomic E-state index is 13.6. The molecular formula is C14H10BrF4NS. The van der Waals surface area contributed by atoms with Gasteiger partial charge < -0.3 is 5.32 Å². The van der Waals surface area contributed by atoms with E-state index in [4.69, 9.17) is 0 Å². The number of nitrogens with one attached hydrogen (secondary N) is 1. The van der Waals surface area contributed by atoms with Crippen LogP contribution in [0.15, 0.2) is 51.8 Å². The fourth-order valence-corrected chi connectivity index (χ4v) is 2.51. The Labute approximate surface area is 131 Å². The van der Waals surface area contributed by atoms with E-state index in [2.05, 4.69) is 21.2 Å². The van der Waals surface area contributed by atoms with E-state index >= 15 is 0 Å². The highest BCUT2D eigenvalue weighted by molar-refractivity contribution is 9.10. The number of rotatable bonds is 4. The lowest BCUT2D eigenvalue weighted by Crippen LogP contribution is -2.02. The Morgan fingerprint density at radius 3 is 2.29 bits per heavy atom. The van der Waals surface area contributed by atoms with Gasteiger partial charge in [0.05, 0.1) is 0 Å². The van der Waals surface area contributed by atoms with Crippen LogP contribution in [-0.4, -0.2) is 5.51 Å². The first kappa shape index (κ1) is 16.2. The number of thioether (sulfide) groups is 1. The van der Waals surface area contributed by atoms with Gasteiger partial charge in [-0.05, 0) is 48.2 Å². The van der Waals surface area contributed by atoms with Crippen molar-refractivity contribution >= 4 is 33.4 Å². The van der Waals surface area contributed by atoms with E-state index in [0.29, 0.717) is 15.7 Å². The second kappa shape index (κ2) is 6.70. The first-order chi connectivity index (χ1) is 9.83. The van der Waals surface area contributed by atoms with E-state index in [1.54, 1.807) is 12.1 Å². The Balaban J connectivity index is 1.97. The third kappa shape index (κ3) is 5.24. The smallest absolute Gasteiger partial charge is 0.381 e. The SMILES string of the molecule is Fc1cc(Br)ccc1CNc1ccc(SC(F)(F)F)cc1. The van der Waals surface area contributed by atoms with Gasteiger partial charge in [-0.15, -0.1) is 0 Å². The zero-order valence-corrected chi connectivity index (χ0v) is 12.9. The summed E-state index contributed by atoms with van der Waals surface area (Å²) in [5, 5.41) is 2.97. The summed E-state index contributed by atoms with van der Waals surface area (Å²) in [6, 6.07) is 10.5. The Kier molecular flexibility index (Phi) is 5.16. The van der Waals surface area contributed by atoms with Crippen LogP contribution in [0.1, 0.15) is 5.56 Å². The summed E-state index contributed by atoms with van der Waals surface area (Å²) < 4.78 is 50.8. The van der Waals surface area contributed by atoms with Crippen LogP contribution in [0.3, 0.4) is 0 Å². The molecule has 2 aromatic rings. The number of halogens is 5. The molecule has 0 aromatic heterocycles. The van der Waals surface area contributed by atoms with Crippen molar-refractivity contribution in [2.24, 2.45) is 0 Å². The molecule has 0 saturated heterocycles. The van der Waals surface area contributed by atoms with Gasteiger partial charge in [-0.1, -0.05) is 22.0 Å². The quantitative estimate of drug-likeness (QED) is 0.531. The Bertz CT molecular complexity index is 613. The van der Waals surface area contributed by atoms with Gasteiger partial charge in [0.1, 0.15) is 5.82 Å². The molecule has 21 heavy (non-hydrogen) atoms. The Morgan fingerprint density at radius 1 is 1.05 bits per heavy atom. The van der Waals surface area contributed by atoms with Gasteiger partial charge in [0, 0.05) is 27.2 Å². The van der Waals surface area contributed by atoms with Crippen LogP contribution >= 0.6 is 27.7 Å². The molecule has 0 saturated carbocycles. The molecule has 0 atom stereocenters. The van der Waals surface area contributed by atoms with Crippen LogP contribution in [0.25, 0.3) is 0 Å².